The van der Waals surface area contributed by atoms with Crippen molar-refractivity contribution in [1.29, 1.82) is 0 Å². The fraction of sp³-hybridized carbons (Fsp3) is 0.286. The van der Waals surface area contributed by atoms with E-state index in [0.29, 0.717) is 17.7 Å². The lowest BCUT2D eigenvalue weighted by molar-refractivity contribution is -0.154. The van der Waals surface area contributed by atoms with Gasteiger partial charge in [-0.1, -0.05) is 12.1 Å². The van der Waals surface area contributed by atoms with E-state index in [-0.39, 0.29) is 18.3 Å². The third kappa shape index (κ3) is 5.37. The van der Waals surface area contributed by atoms with Crippen molar-refractivity contribution in [1.82, 2.24) is 19.9 Å². The first kappa shape index (κ1) is 21.4. The predicted octanol–water partition coefficient (Wildman–Crippen LogP) is 3.81. The molecule has 1 N–H and O–H groups in total. The van der Waals surface area contributed by atoms with Gasteiger partial charge in [-0.05, 0) is 38.1 Å². The monoisotopic (exact) mass is 418 g/mol. The minimum absolute atomic E-state index is 0.0101. The van der Waals surface area contributed by atoms with Crippen LogP contribution in [0.1, 0.15) is 33.0 Å². The molecule has 3 aromatic heterocycles. The first-order valence-electron chi connectivity index (χ1n) is 9.23. The average molecular weight is 418 g/mol. The predicted molar refractivity (Wildman–Crippen MR) is 104 cm³/mol. The highest BCUT2D eigenvalue weighted by atomic mass is 19.4. The number of ether oxygens (including phenoxy) is 1. The Labute approximate surface area is 171 Å². The molecule has 3 rings (SSSR count). The number of carbonyl (C=O) groups is 1. The van der Waals surface area contributed by atoms with E-state index in [4.69, 9.17) is 4.74 Å². The minimum Gasteiger partial charge on any atom is -0.468 e. The zero-order valence-electron chi connectivity index (χ0n) is 16.5. The number of hydrogen-bond donors (Lipinski definition) is 1. The molecule has 0 aliphatic heterocycles. The Morgan fingerprint density at radius 1 is 1.13 bits per heavy atom. The van der Waals surface area contributed by atoms with Gasteiger partial charge in [0.1, 0.15) is 0 Å². The second kappa shape index (κ2) is 8.98. The molecule has 3 heterocycles. The summed E-state index contributed by atoms with van der Waals surface area (Å²) in [6.07, 6.45) is -1.42. The summed E-state index contributed by atoms with van der Waals surface area (Å²) in [6.45, 7) is 2.82. The summed E-state index contributed by atoms with van der Waals surface area (Å²) >= 11 is 0. The van der Waals surface area contributed by atoms with Gasteiger partial charge in [0.2, 0.25) is 5.88 Å². The van der Waals surface area contributed by atoms with Gasteiger partial charge in [-0.3, -0.25) is 9.78 Å². The molecule has 0 spiro atoms. The van der Waals surface area contributed by atoms with Crippen molar-refractivity contribution in [3.63, 3.8) is 0 Å². The summed E-state index contributed by atoms with van der Waals surface area (Å²) in [7, 11) is 0. The summed E-state index contributed by atoms with van der Waals surface area (Å²) in [5.74, 6) is -0.489. The van der Waals surface area contributed by atoms with Crippen LogP contribution in [0.5, 0.6) is 5.88 Å². The Bertz CT molecular complexity index is 1020. The number of aromatic nitrogens is 3. The quantitative estimate of drug-likeness (QED) is 0.634. The van der Waals surface area contributed by atoms with Crippen LogP contribution in [0.4, 0.5) is 13.2 Å². The maximum Gasteiger partial charge on any atom is 0.422 e. The molecule has 0 aliphatic rings. The molecule has 3 aromatic rings. The van der Waals surface area contributed by atoms with Gasteiger partial charge in [0.05, 0.1) is 17.8 Å². The van der Waals surface area contributed by atoms with Crippen LogP contribution in [0.25, 0.3) is 0 Å². The van der Waals surface area contributed by atoms with Crippen LogP contribution in [0, 0.1) is 13.8 Å². The number of nitrogens with one attached hydrogen (secondary N) is 1. The summed E-state index contributed by atoms with van der Waals surface area (Å²) in [4.78, 5) is 20.8. The van der Waals surface area contributed by atoms with Crippen LogP contribution in [-0.2, 0) is 13.1 Å². The van der Waals surface area contributed by atoms with Crippen molar-refractivity contribution in [2.75, 3.05) is 6.61 Å². The molecule has 1 amide bonds. The number of hydrogen-bond acceptors (Lipinski definition) is 4. The molecule has 6 nitrogen and oxygen atoms in total. The van der Waals surface area contributed by atoms with Gasteiger partial charge in [-0.15, -0.1) is 0 Å². The molecule has 0 saturated heterocycles. The molecule has 0 radical (unpaired) electrons. The number of nitrogens with zero attached hydrogens (tertiary/aromatic N) is 3. The Kier molecular flexibility index (Phi) is 6.39. The van der Waals surface area contributed by atoms with Crippen LogP contribution in [0.15, 0.2) is 48.8 Å². The highest BCUT2D eigenvalue weighted by Gasteiger charge is 2.29. The van der Waals surface area contributed by atoms with Gasteiger partial charge in [-0.25, -0.2) is 4.98 Å². The zero-order valence-corrected chi connectivity index (χ0v) is 16.5. The van der Waals surface area contributed by atoms with E-state index in [2.05, 4.69) is 15.3 Å². The van der Waals surface area contributed by atoms with Crippen LogP contribution >= 0.6 is 0 Å². The van der Waals surface area contributed by atoms with Gasteiger partial charge in [0, 0.05) is 35.9 Å². The second-order valence-electron chi connectivity index (χ2n) is 6.75. The van der Waals surface area contributed by atoms with E-state index in [0.717, 1.165) is 17.1 Å². The molecule has 0 aliphatic carbocycles. The van der Waals surface area contributed by atoms with E-state index in [1.165, 1.54) is 6.20 Å². The molecule has 158 valence electrons. The first-order valence-corrected chi connectivity index (χ1v) is 9.23. The number of halogens is 3. The van der Waals surface area contributed by atoms with Crippen molar-refractivity contribution in [3.8, 4) is 5.88 Å². The molecular weight excluding hydrogens is 397 g/mol. The van der Waals surface area contributed by atoms with Crippen molar-refractivity contribution in [2.45, 2.75) is 33.1 Å². The van der Waals surface area contributed by atoms with Crippen molar-refractivity contribution in [2.24, 2.45) is 0 Å². The van der Waals surface area contributed by atoms with E-state index in [1.54, 1.807) is 24.4 Å². The highest BCUT2D eigenvalue weighted by molar-refractivity contribution is 5.95. The zero-order chi connectivity index (χ0) is 21.7. The number of alkyl halides is 3. The Hall–Kier alpha value is -3.36. The molecule has 0 saturated carbocycles. The second-order valence-corrected chi connectivity index (χ2v) is 6.75. The van der Waals surface area contributed by atoms with E-state index in [9.17, 15) is 18.0 Å². The van der Waals surface area contributed by atoms with Crippen LogP contribution in [0.3, 0.4) is 0 Å². The lowest BCUT2D eigenvalue weighted by atomic mass is 10.2. The maximum atomic E-state index is 12.7. The van der Waals surface area contributed by atoms with E-state index in [1.807, 2.05) is 36.6 Å². The van der Waals surface area contributed by atoms with Gasteiger partial charge in [0.15, 0.2) is 6.61 Å². The number of amides is 1. The number of rotatable bonds is 7. The van der Waals surface area contributed by atoms with E-state index >= 15 is 0 Å². The fourth-order valence-corrected chi connectivity index (χ4v) is 3.04. The summed E-state index contributed by atoms with van der Waals surface area (Å²) in [5.41, 5.74) is 3.39. The Morgan fingerprint density at radius 3 is 2.60 bits per heavy atom. The number of aryl methyl sites for hydroxylation is 1. The molecule has 30 heavy (non-hydrogen) atoms. The first-order chi connectivity index (χ1) is 14.2. The van der Waals surface area contributed by atoms with Crippen molar-refractivity contribution < 1.29 is 22.7 Å². The summed E-state index contributed by atoms with van der Waals surface area (Å²) in [6, 6.07) is 10.5. The SMILES string of the molecule is Cc1cc(C(=O)NCc2cccnc2OCC(F)(F)F)c(C)n1Cc1ccccn1. The summed E-state index contributed by atoms with van der Waals surface area (Å²) < 4.78 is 44.0. The van der Waals surface area contributed by atoms with Crippen LogP contribution < -0.4 is 10.1 Å². The van der Waals surface area contributed by atoms with Gasteiger partial charge >= 0.3 is 6.18 Å². The Morgan fingerprint density at radius 2 is 1.90 bits per heavy atom. The third-order valence-corrected chi connectivity index (χ3v) is 4.53. The number of pyridine rings is 2. The minimum atomic E-state index is -4.47. The molecule has 0 bridgehead atoms. The topological polar surface area (TPSA) is 69.0 Å². The third-order valence-electron chi connectivity index (χ3n) is 4.53. The number of carbonyl (C=O) groups excluding carboxylic acids is 1. The van der Waals surface area contributed by atoms with Crippen LogP contribution in [0.2, 0.25) is 0 Å². The van der Waals surface area contributed by atoms with Crippen LogP contribution in [-0.4, -0.2) is 33.2 Å². The maximum absolute atomic E-state index is 12.7. The lowest BCUT2D eigenvalue weighted by Gasteiger charge is -2.13. The molecule has 0 atom stereocenters. The molecule has 0 aromatic carbocycles. The van der Waals surface area contributed by atoms with Gasteiger partial charge in [0.25, 0.3) is 5.91 Å². The van der Waals surface area contributed by atoms with Gasteiger partial charge < -0.3 is 14.6 Å². The van der Waals surface area contributed by atoms with E-state index < -0.39 is 12.8 Å². The smallest absolute Gasteiger partial charge is 0.422 e. The standard InChI is InChI=1S/C21H21F3N4O2/c1-14-10-18(15(2)28(14)12-17-7-3-4-8-25-17)19(29)27-11-16-6-5-9-26-20(16)30-13-21(22,23)24/h3-10H,11-13H2,1-2H3,(H,27,29). The summed E-state index contributed by atoms with van der Waals surface area (Å²) in [5, 5.41) is 2.73. The molecule has 0 unspecified atom stereocenters. The van der Waals surface area contributed by atoms with Crippen molar-refractivity contribution in [3.05, 3.63) is 77.0 Å². The lowest BCUT2D eigenvalue weighted by Crippen LogP contribution is -2.25. The molecular formula is C21H21F3N4O2. The largest absolute Gasteiger partial charge is 0.468 e. The Balaban J connectivity index is 1.70. The normalized spacial score (nSPS) is 11.4. The fourth-order valence-electron chi connectivity index (χ4n) is 3.04. The molecule has 9 heteroatoms. The molecule has 0 fully saturated rings. The highest BCUT2D eigenvalue weighted by Crippen LogP contribution is 2.21. The van der Waals surface area contributed by atoms with Crippen molar-refractivity contribution >= 4 is 5.91 Å². The average Bonchev–Trinajstić information content (AvgIpc) is 2.99. The van der Waals surface area contributed by atoms with Gasteiger partial charge in [-0.2, -0.15) is 13.2 Å².